The third-order valence-corrected chi connectivity index (χ3v) is 4.52. The SMILES string of the molecule is Cc1nn(-c2ccccc2)c(C)c1N=Nc1ccc(S(=O)(=O)O)cc1. The van der Waals surface area contributed by atoms with Crippen LogP contribution < -0.4 is 0 Å². The van der Waals surface area contributed by atoms with Gasteiger partial charge in [0.25, 0.3) is 10.1 Å². The van der Waals surface area contributed by atoms with Crippen LogP contribution in [0.3, 0.4) is 0 Å². The molecule has 128 valence electrons. The molecule has 1 aromatic heterocycles. The van der Waals surface area contributed by atoms with Crippen LogP contribution in [0.1, 0.15) is 11.4 Å². The second-order valence-corrected chi connectivity index (χ2v) is 6.86. The summed E-state index contributed by atoms with van der Waals surface area (Å²) in [5, 5.41) is 12.9. The van der Waals surface area contributed by atoms with Crippen molar-refractivity contribution in [2.24, 2.45) is 10.2 Å². The van der Waals surface area contributed by atoms with Crippen molar-refractivity contribution in [2.45, 2.75) is 18.7 Å². The lowest BCUT2D eigenvalue weighted by Crippen LogP contribution is -1.98. The van der Waals surface area contributed by atoms with Gasteiger partial charge >= 0.3 is 0 Å². The van der Waals surface area contributed by atoms with Gasteiger partial charge in [-0.05, 0) is 50.2 Å². The highest BCUT2D eigenvalue weighted by atomic mass is 32.2. The molecule has 8 heteroatoms. The van der Waals surface area contributed by atoms with Crippen molar-refractivity contribution in [3.8, 4) is 5.69 Å². The molecule has 0 atom stereocenters. The van der Waals surface area contributed by atoms with Crippen molar-refractivity contribution in [1.29, 1.82) is 0 Å². The number of rotatable bonds is 4. The third-order valence-electron chi connectivity index (χ3n) is 3.65. The van der Waals surface area contributed by atoms with E-state index in [1.807, 2.05) is 44.2 Å². The molecule has 0 aliphatic rings. The Balaban J connectivity index is 1.91. The molecule has 0 radical (unpaired) electrons. The number of hydrogen-bond donors (Lipinski definition) is 1. The van der Waals surface area contributed by atoms with Gasteiger partial charge in [-0.15, -0.1) is 5.11 Å². The molecule has 0 aliphatic carbocycles. The van der Waals surface area contributed by atoms with E-state index in [4.69, 9.17) is 4.55 Å². The van der Waals surface area contributed by atoms with E-state index in [1.165, 1.54) is 24.3 Å². The van der Waals surface area contributed by atoms with Crippen LogP contribution in [-0.4, -0.2) is 22.8 Å². The van der Waals surface area contributed by atoms with Gasteiger partial charge in [-0.1, -0.05) is 18.2 Å². The first-order valence-corrected chi connectivity index (χ1v) is 8.91. The Kier molecular flexibility index (Phi) is 4.47. The number of benzene rings is 2. The predicted molar refractivity (Wildman–Crippen MR) is 93.5 cm³/mol. The Morgan fingerprint density at radius 3 is 2.20 bits per heavy atom. The molecule has 3 rings (SSSR count). The molecule has 25 heavy (non-hydrogen) atoms. The zero-order valence-corrected chi connectivity index (χ0v) is 14.5. The summed E-state index contributed by atoms with van der Waals surface area (Å²) in [7, 11) is -4.21. The summed E-state index contributed by atoms with van der Waals surface area (Å²) in [5.41, 5.74) is 3.64. The molecular weight excluding hydrogens is 340 g/mol. The molecule has 0 bridgehead atoms. The van der Waals surface area contributed by atoms with Crippen LogP contribution in [0.2, 0.25) is 0 Å². The Labute approximate surface area is 145 Å². The fraction of sp³-hybridized carbons (Fsp3) is 0.118. The van der Waals surface area contributed by atoms with Gasteiger partial charge < -0.3 is 0 Å². The van der Waals surface area contributed by atoms with Crippen molar-refractivity contribution in [3.63, 3.8) is 0 Å². The molecule has 1 heterocycles. The number of para-hydroxylation sites is 1. The third kappa shape index (κ3) is 3.65. The number of azo groups is 1. The highest BCUT2D eigenvalue weighted by Gasteiger charge is 2.12. The lowest BCUT2D eigenvalue weighted by Gasteiger charge is -2.03. The van der Waals surface area contributed by atoms with Crippen molar-refractivity contribution < 1.29 is 13.0 Å². The smallest absolute Gasteiger partial charge is 0.282 e. The van der Waals surface area contributed by atoms with Gasteiger partial charge in [-0.2, -0.15) is 18.6 Å². The molecule has 7 nitrogen and oxygen atoms in total. The van der Waals surface area contributed by atoms with Gasteiger partial charge in [0, 0.05) is 0 Å². The maximum absolute atomic E-state index is 11.0. The summed E-state index contributed by atoms with van der Waals surface area (Å²) in [5.74, 6) is 0. The van der Waals surface area contributed by atoms with Crippen LogP contribution in [0, 0.1) is 13.8 Å². The normalized spacial score (nSPS) is 12.0. The Morgan fingerprint density at radius 2 is 1.60 bits per heavy atom. The summed E-state index contributed by atoms with van der Waals surface area (Å²) < 4.78 is 32.9. The molecule has 0 spiro atoms. The van der Waals surface area contributed by atoms with Gasteiger partial charge in [0.1, 0.15) is 5.69 Å². The van der Waals surface area contributed by atoms with Crippen LogP contribution in [-0.2, 0) is 10.1 Å². The second kappa shape index (κ2) is 6.58. The standard InChI is InChI=1S/C17H16N4O3S/c1-12-17(13(2)21(20-12)15-6-4-3-5-7-15)19-18-14-8-10-16(11-9-14)25(22,23)24/h3-11H,1-2H3,(H,22,23,24). The van der Waals surface area contributed by atoms with E-state index < -0.39 is 10.1 Å². The Bertz CT molecular complexity index is 1020. The van der Waals surface area contributed by atoms with Crippen molar-refractivity contribution in [2.75, 3.05) is 0 Å². The summed E-state index contributed by atoms with van der Waals surface area (Å²) in [4.78, 5) is -0.185. The lowest BCUT2D eigenvalue weighted by molar-refractivity contribution is 0.483. The Morgan fingerprint density at radius 1 is 0.960 bits per heavy atom. The quantitative estimate of drug-likeness (QED) is 0.561. The van der Waals surface area contributed by atoms with Crippen molar-refractivity contribution in [1.82, 2.24) is 9.78 Å². The summed E-state index contributed by atoms with van der Waals surface area (Å²) in [6, 6.07) is 15.2. The van der Waals surface area contributed by atoms with E-state index in [9.17, 15) is 8.42 Å². The molecule has 0 fully saturated rings. The molecule has 0 saturated carbocycles. The maximum Gasteiger partial charge on any atom is 0.294 e. The van der Waals surface area contributed by atoms with Gasteiger partial charge in [-0.25, -0.2) is 4.68 Å². The van der Waals surface area contributed by atoms with E-state index in [0.29, 0.717) is 11.4 Å². The first-order chi connectivity index (χ1) is 11.9. The molecule has 3 aromatic rings. The zero-order valence-electron chi connectivity index (χ0n) is 13.7. The van der Waals surface area contributed by atoms with Crippen molar-refractivity contribution >= 4 is 21.5 Å². The van der Waals surface area contributed by atoms with Crippen molar-refractivity contribution in [3.05, 3.63) is 66.0 Å². The molecule has 1 N–H and O–H groups in total. The molecular formula is C17H16N4O3S. The minimum Gasteiger partial charge on any atom is -0.282 e. The molecule has 0 aliphatic heterocycles. The topological polar surface area (TPSA) is 96.9 Å². The second-order valence-electron chi connectivity index (χ2n) is 5.44. The number of hydrogen-bond acceptors (Lipinski definition) is 5. The largest absolute Gasteiger partial charge is 0.294 e. The molecule has 0 amide bonds. The number of aryl methyl sites for hydroxylation is 1. The van der Waals surface area contributed by atoms with Gasteiger partial charge in [-0.3, -0.25) is 4.55 Å². The van der Waals surface area contributed by atoms with Crippen LogP contribution >= 0.6 is 0 Å². The van der Waals surface area contributed by atoms with E-state index in [2.05, 4.69) is 15.3 Å². The summed E-state index contributed by atoms with van der Waals surface area (Å²) in [6.45, 7) is 3.75. The van der Waals surface area contributed by atoms with Crippen LogP contribution in [0.25, 0.3) is 5.69 Å². The van der Waals surface area contributed by atoms with Gasteiger partial charge in [0.05, 0.1) is 27.7 Å². The van der Waals surface area contributed by atoms with Crippen LogP contribution in [0.5, 0.6) is 0 Å². The Hall–Kier alpha value is -2.84. The van der Waals surface area contributed by atoms with E-state index in [-0.39, 0.29) is 4.90 Å². The minimum absolute atomic E-state index is 0.185. The highest BCUT2D eigenvalue weighted by Crippen LogP contribution is 2.27. The van der Waals surface area contributed by atoms with Gasteiger partial charge in [0.15, 0.2) is 0 Å². The minimum atomic E-state index is -4.21. The maximum atomic E-state index is 11.0. The first-order valence-electron chi connectivity index (χ1n) is 7.47. The first kappa shape index (κ1) is 17.0. The average molecular weight is 356 g/mol. The number of nitrogens with zero attached hydrogens (tertiary/aromatic N) is 4. The monoisotopic (exact) mass is 356 g/mol. The lowest BCUT2D eigenvalue weighted by atomic mass is 10.3. The van der Waals surface area contributed by atoms with Crippen LogP contribution in [0.15, 0.2) is 69.7 Å². The fourth-order valence-corrected chi connectivity index (χ4v) is 2.87. The van der Waals surface area contributed by atoms with Gasteiger partial charge in [0.2, 0.25) is 0 Å². The average Bonchev–Trinajstić information content (AvgIpc) is 2.88. The number of aromatic nitrogens is 2. The zero-order chi connectivity index (χ0) is 18.0. The molecule has 0 unspecified atom stereocenters. The fourth-order valence-electron chi connectivity index (χ4n) is 2.39. The summed E-state index contributed by atoms with van der Waals surface area (Å²) in [6.07, 6.45) is 0. The highest BCUT2D eigenvalue weighted by molar-refractivity contribution is 7.85. The predicted octanol–water partition coefficient (Wildman–Crippen LogP) is 4.15. The van der Waals surface area contributed by atoms with E-state index in [1.54, 1.807) is 4.68 Å². The molecule has 2 aromatic carbocycles. The van der Waals surface area contributed by atoms with E-state index in [0.717, 1.165) is 17.1 Å². The molecule has 0 saturated heterocycles. The van der Waals surface area contributed by atoms with Crippen LogP contribution in [0.4, 0.5) is 11.4 Å². The van der Waals surface area contributed by atoms with E-state index >= 15 is 0 Å². The summed E-state index contributed by atoms with van der Waals surface area (Å²) >= 11 is 0.